The van der Waals surface area contributed by atoms with Crippen molar-refractivity contribution in [1.29, 1.82) is 0 Å². The van der Waals surface area contributed by atoms with Gasteiger partial charge in [-0.15, -0.1) is 0 Å². The number of fused-ring (bicyclic) bond motifs is 3. The van der Waals surface area contributed by atoms with Gasteiger partial charge in [-0.3, -0.25) is 0 Å². The molecule has 0 saturated heterocycles. The van der Waals surface area contributed by atoms with Gasteiger partial charge in [-0.25, -0.2) is 16.8 Å². The normalized spacial score (nSPS) is 14.2. The Kier molecular flexibility index (Phi) is 6.60. The maximum absolute atomic E-state index is 13.9. The molecule has 1 aromatic heterocycles. The summed E-state index contributed by atoms with van der Waals surface area (Å²) in [6, 6.07) is 22.3. The Morgan fingerprint density at radius 1 is 0.868 bits per heavy atom. The summed E-state index contributed by atoms with van der Waals surface area (Å²) < 4.78 is 61.0. The summed E-state index contributed by atoms with van der Waals surface area (Å²) in [5.74, 6) is 0. The number of aliphatic hydroxyl groups excluding tert-OH is 1. The summed E-state index contributed by atoms with van der Waals surface area (Å²) in [6.45, 7) is 3.47. The third-order valence-corrected chi connectivity index (χ3v) is 10.2. The molecule has 0 saturated carbocycles. The van der Waals surface area contributed by atoms with Gasteiger partial charge in [0.1, 0.15) is 5.52 Å². The predicted molar refractivity (Wildman–Crippen MR) is 144 cm³/mol. The highest BCUT2D eigenvalue weighted by molar-refractivity contribution is 7.91. The van der Waals surface area contributed by atoms with Crippen LogP contribution in [0.1, 0.15) is 24.2 Å². The number of aryl methyl sites for hydroxylation is 1. The van der Waals surface area contributed by atoms with Crippen LogP contribution >= 0.6 is 0 Å². The van der Waals surface area contributed by atoms with Gasteiger partial charge in [0, 0.05) is 23.9 Å². The molecule has 0 bridgehead atoms. The number of rotatable bonds is 7. The number of aliphatic hydroxyl groups is 1. The second kappa shape index (κ2) is 9.63. The van der Waals surface area contributed by atoms with Crippen molar-refractivity contribution >= 4 is 41.7 Å². The van der Waals surface area contributed by atoms with E-state index >= 15 is 0 Å². The molecule has 0 aliphatic heterocycles. The maximum Gasteiger partial charge on any atom is 0.321 e. The first-order valence-electron chi connectivity index (χ1n) is 11.9. The van der Waals surface area contributed by atoms with Crippen molar-refractivity contribution in [3.05, 3.63) is 96.1 Å². The highest BCUT2D eigenvalue weighted by Gasteiger charge is 2.33. The van der Waals surface area contributed by atoms with E-state index < -0.39 is 37.2 Å². The SMILES string of the molecule is Cc1ccc(S(=O)(=O)c2nc3c(cc(S(=O)(=O)N(C)C(C)C(O)c4ccccc4)c4ccccc43)o2)cc1. The molecule has 5 rings (SSSR count). The fraction of sp³-hybridized carbons (Fsp3) is 0.179. The van der Waals surface area contributed by atoms with Gasteiger partial charge in [0.25, 0.3) is 9.84 Å². The number of nitrogens with zero attached hydrogens (tertiary/aromatic N) is 2. The van der Waals surface area contributed by atoms with E-state index in [1.165, 1.54) is 25.2 Å². The van der Waals surface area contributed by atoms with Crippen molar-refractivity contribution in [3.63, 3.8) is 0 Å². The first-order valence-corrected chi connectivity index (χ1v) is 14.8. The van der Waals surface area contributed by atoms with Crippen LogP contribution in [-0.4, -0.2) is 44.3 Å². The minimum atomic E-state index is -4.16. The molecule has 2 atom stereocenters. The first kappa shape index (κ1) is 26.1. The van der Waals surface area contributed by atoms with Crippen LogP contribution in [0, 0.1) is 6.92 Å². The molecule has 1 heterocycles. The quantitative estimate of drug-likeness (QED) is 0.307. The minimum absolute atomic E-state index is 0.0234. The summed E-state index contributed by atoms with van der Waals surface area (Å²) in [5.41, 5.74) is 1.75. The van der Waals surface area contributed by atoms with E-state index in [1.807, 2.05) is 13.0 Å². The van der Waals surface area contributed by atoms with Gasteiger partial charge in [-0.1, -0.05) is 72.3 Å². The van der Waals surface area contributed by atoms with Crippen LogP contribution in [-0.2, 0) is 19.9 Å². The Morgan fingerprint density at radius 3 is 2.13 bits per heavy atom. The molecule has 0 aliphatic rings. The maximum atomic E-state index is 13.9. The van der Waals surface area contributed by atoms with Gasteiger partial charge in [-0.05, 0) is 31.5 Å². The Hall–Kier alpha value is -3.57. The molecule has 2 unspecified atom stereocenters. The molecule has 0 spiro atoms. The van der Waals surface area contributed by atoms with Crippen LogP contribution in [0.4, 0.5) is 0 Å². The number of hydrogen-bond donors (Lipinski definition) is 1. The van der Waals surface area contributed by atoms with Gasteiger partial charge < -0.3 is 9.52 Å². The fourth-order valence-corrected chi connectivity index (χ4v) is 7.03. The third-order valence-electron chi connectivity index (χ3n) is 6.73. The highest BCUT2D eigenvalue weighted by atomic mass is 32.2. The Labute approximate surface area is 221 Å². The predicted octanol–water partition coefficient (Wildman–Crippen LogP) is 4.86. The van der Waals surface area contributed by atoms with Crippen LogP contribution in [0.15, 0.2) is 104 Å². The van der Waals surface area contributed by atoms with Gasteiger partial charge in [0.2, 0.25) is 10.0 Å². The summed E-state index contributed by atoms with van der Waals surface area (Å²) in [6.07, 6.45) is -1.07. The van der Waals surface area contributed by atoms with Crippen molar-refractivity contribution in [2.24, 2.45) is 0 Å². The lowest BCUT2D eigenvalue weighted by Gasteiger charge is -2.29. The second-order valence-electron chi connectivity index (χ2n) is 9.18. The number of sulfone groups is 1. The summed E-state index contributed by atoms with van der Waals surface area (Å²) in [5, 5.41) is 11.1. The average Bonchev–Trinajstić information content (AvgIpc) is 3.38. The topological polar surface area (TPSA) is 118 Å². The lowest BCUT2D eigenvalue weighted by atomic mass is 10.0. The van der Waals surface area contributed by atoms with Crippen molar-refractivity contribution < 1.29 is 26.4 Å². The Bertz CT molecular complexity index is 1850. The third kappa shape index (κ3) is 4.39. The van der Waals surface area contributed by atoms with E-state index in [-0.39, 0.29) is 20.9 Å². The van der Waals surface area contributed by atoms with E-state index in [0.717, 1.165) is 9.87 Å². The monoisotopic (exact) mass is 550 g/mol. The summed E-state index contributed by atoms with van der Waals surface area (Å²) in [4.78, 5) is 4.22. The van der Waals surface area contributed by atoms with Gasteiger partial charge in [-0.2, -0.15) is 9.29 Å². The van der Waals surface area contributed by atoms with Gasteiger partial charge >= 0.3 is 5.22 Å². The van der Waals surface area contributed by atoms with Crippen molar-refractivity contribution in [1.82, 2.24) is 9.29 Å². The lowest BCUT2D eigenvalue weighted by molar-refractivity contribution is 0.108. The van der Waals surface area contributed by atoms with Crippen LogP contribution in [0.5, 0.6) is 0 Å². The van der Waals surface area contributed by atoms with Crippen LogP contribution in [0.2, 0.25) is 0 Å². The Morgan fingerprint density at radius 2 is 1.47 bits per heavy atom. The summed E-state index contributed by atoms with van der Waals surface area (Å²) in [7, 11) is -6.83. The molecule has 1 N–H and O–H groups in total. The van der Waals surface area contributed by atoms with E-state index in [1.54, 1.807) is 67.6 Å². The Balaban J connectivity index is 1.63. The average molecular weight is 551 g/mol. The molecule has 5 aromatic rings. The number of oxazole rings is 1. The number of aromatic nitrogens is 1. The first-order chi connectivity index (χ1) is 18.0. The molecular formula is C28H26N2O6S2. The van der Waals surface area contributed by atoms with E-state index in [9.17, 15) is 21.9 Å². The van der Waals surface area contributed by atoms with E-state index in [0.29, 0.717) is 16.3 Å². The van der Waals surface area contributed by atoms with Crippen molar-refractivity contribution in [2.75, 3.05) is 7.05 Å². The van der Waals surface area contributed by atoms with Crippen LogP contribution in [0.25, 0.3) is 21.9 Å². The van der Waals surface area contributed by atoms with Gasteiger partial charge in [0.15, 0.2) is 5.58 Å². The van der Waals surface area contributed by atoms with Crippen molar-refractivity contribution in [3.8, 4) is 0 Å². The number of sulfonamides is 1. The standard InChI is InChI=1S/C28H26N2O6S2/c1-18-13-15-21(16-14-18)37(32,33)28-29-26-23-12-8-7-11-22(23)25(17-24(26)36-28)38(34,35)30(3)19(2)27(31)20-9-5-4-6-10-20/h4-17,19,27,31H,1-3H3. The molecule has 196 valence electrons. The molecule has 10 heteroatoms. The zero-order valence-electron chi connectivity index (χ0n) is 20.9. The second-order valence-corrected chi connectivity index (χ2v) is 13.0. The minimum Gasteiger partial charge on any atom is -0.428 e. The summed E-state index contributed by atoms with van der Waals surface area (Å²) >= 11 is 0. The number of likely N-dealkylation sites (N-methyl/N-ethyl adjacent to an activating group) is 1. The molecule has 0 amide bonds. The number of hydrogen-bond acceptors (Lipinski definition) is 7. The smallest absolute Gasteiger partial charge is 0.321 e. The zero-order valence-corrected chi connectivity index (χ0v) is 22.6. The highest BCUT2D eigenvalue weighted by Crippen LogP contribution is 2.36. The van der Waals surface area contributed by atoms with E-state index in [2.05, 4.69) is 4.98 Å². The van der Waals surface area contributed by atoms with Crippen LogP contribution < -0.4 is 0 Å². The molecule has 0 radical (unpaired) electrons. The van der Waals surface area contributed by atoms with Gasteiger partial charge in [0.05, 0.1) is 21.9 Å². The molecule has 38 heavy (non-hydrogen) atoms. The zero-order chi connectivity index (χ0) is 27.2. The fourth-order valence-electron chi connectivity index (χ4n) is 4.35. The largest absolute Gasteiger partial charge is 0.428 e. The van der Waals surface area contributed by atoms with Crippen molar-refractivity contribution in [2.45, 2.75) is 41.0 Å². The molecule has 4 aromatic carbocycles. The van der Waals surface area contributed by atoms with E-state index in [4.69, 9.17) is 4.42 Å². The number of benzene rings is 4. The molecule has 8 nitrogen and oxygen atoms in total. The van der Waals surface area contributed by atoms with Crippen LogP contribution in [0.3, 0.4) is 0 Å². The lowest BCUT2D eigenvalue weighted by Crippen LogP contribution is -2.39. The molecule has 0 fully saturated rings. The molecule has 0 aliphatic carbocycles. The molecular weight excluding hydrogens is 524 g/mol.